The van der Waals surface area contributed by atoms with Crippen molar-refractivity contribution in [2.45, 2.75) is 72.1 Å². The molecule has 1 aliphatic rings. The fourth-order valence-electron chi connectivity index (χ4n) is 3.22. The van der Waals surface area contributed by atoms with E-state index in [-0.39, 0.29) is 23.7 Å². The zero-order valence-corrected chi connectivity index (χ0v) is 15.2. The van der Waals surface area contributed by atoms with Gasteiger partial charge in [0.1, 0.15) is 0 Å². The molecule has 1 amide bonds. The minimum Gasteiger partial charge on any atom is -0.373 e. The van der Waals surface area contributed by atoms with E-state index in [1.54, 1.807) is 0 Å². The Morgan fingerprint density at radius 1 is 1.23 bits per heavy atom. The van der Waals surface area contributed by atoms with Crippen molar-refractivity contribution in [3.05, 3.63) is 0 Å². The molecule has 0 aromatic rings. The number of hydrogen-bond donors (Lipinski definition) is 2. The molecular weight excluding hydrogens is 278 g/mol. The zero-order chi connectivity index (χ0) is 17.0. The summed E-state index contributed by atoms with van der Waals surface area (Å²) in [4.78, 5) is 15.0. The van der Waals surface area contributed by atoms with E-state index in [2.05, 4.69) is 37.9 Å². The maximum Gasteiger partial charge on any atom is 0.227 e. The number of rotatable bonds is 7. The molecule has 0 bridgehead atoms. The fourth-order valence-corrected chi connectivity index (χ4v) is 3.22. The maximum atomic E-state index is 12.6. The molecule has 130 valence electrons. The molecule has 0 radical (unpaired) electrons. The quantitative estimate of drug-likeness (QED) is 0.751. The van der Waals surface area contributed by atoms with E-state index in [0.717, 1.165) is 25.9 Å². The first-order chi connectivity index (χ1) is 10.2. The van der Waals surface area contributed by atoms with Gasteiger partial charge in [-0.3, -0.25) is 9.69 Å². The second-order valence-electron chi connectivity index (χ2n) is 7.35. The molecule has 1 aliphatic heterocycles. The SMILES string of the molecule is CCC(CC)(CN)C(=O)NCC(C)(C)N1CC(C)OC(C)C1. The van der Waals surface area contributed by atoms with Gasteiger partial charge in [0, 0.05) is 31.7 Å². The molecule has 0 aliphatic carbocycles. The van der Waals surface area contributed by atoms with Gasteiger partial charge in [-0.25, -0.2) is 0 Å². The smallest absolute Gasteiger partial charge is 0.227 e. The number of carbonyl (C=O) groups is 1. The van der Waals surface area contributed by atoms with Crippen LogP contribution in [0.1, 0.15) is 54.4 Å². The molecule has 1 rings (SSSR count). The summed E-state index contributed by atoms with van der Waals surface area (Å²) in [6.45, 7) is 15.5. The Morgan fingerprint density at radius 2 is 1.73 bits per heavy atom. The van der Waals surface area contributed by atoms with Gasteiger partial charge in [-0.1, -0.05) is 13.8 Å². The largest absolute Gasteiger partial charge is 0.373 e. The van der Waals surface area contributed by atoms with E-state index in [9.17, 15) is 4.79 Å². The maximum absolute atomic E-state index is 12.6. The molecule has 2 atom stereocenters. The topological polar surface area (TPSA) is 67.6 Å². The van der Waals surface area contributed by atoms with Crippen molar-refractivity contribution in [3.63, 3.8) is 0 Å². The third-order valence-corrected chi connectivity index (χ3v) is 5.18. The first-order valence-corrected chi connectivity index (χ1v) is 8.59. The monoisotopic (exact) mass is 313 g/mol. The van der Waals surface area contributed by atoms with Crippen LogP contribution in [0.25, 0.3) is 0 Å². The molecule has 0 aromatic heterocycles. The Hall–Kier alpha value is -0.650. The summed E-state index contributed by atoms with van der Waals surface area (Å²) in [7, 11) is 0. The van der Waals surface area contributed by atoms with Gasteiger partial charge in [-0.05, 0) is 40.5 Å². The molecule has 22 heavy (non-hydrogen) atoms. The van der Waals surface area contributed by atoms with Gasteiger partial charge < -0.3 is 15.8 Å². The highest BCUT2D eigenvalue weighted by Gasteiger charge is 2.37. The lowest BCUT2D eigenvalue weighted by molar-refractivity contribution is -0.132. The van der Waals surface area contributed by atoms with Crippen molar-refractivity contribution >= 4 is 5.91 Å². The Labute approximate surface area is 135 Å². The van der Waals surface area contributed by atoms with E-state index < -0.39 is 5.41 Å². The Kier molecular flexibility index (Phi) is 6.84. The predicted octanol–water partition coefficient (Wildman–Crippen LogP) is 1.76. The van der Waals surface area contributed by atoms with Crippen LogP contribution in [0, 0.1) is 5.41 Å². The molecule has 5 heteroatoms. The van der Waals surface area contributed by atoms with Gasteiger partial charge in [-0.2, -0.15) is 0 Å². The van der Waals surface area contributed by atoms with Crippen LogP contribution in [0.5, 0.6) is 0 Å². The summed E-state index contributed by atoms with van der Waals surface area (Å²) in [6.07, 6.45) is 2.01. The van der Waals surface area contributed by atoms with Gasteiger partial charge >= 0.3 is 0 Å². The van der Waals surface area contributed by atoms with Crippen molar-refractivity contribution in [3.8, 4) is 0 Å². The van der Waals surface area contributed by atoms with Crippen LogP contribution in [-0.2, 0) is 9.53 Å². The number of morpholine rings is 1. The zero-order valence-electron chi connectivity index (χ0n) is 15.2. The molecule has 0 aromatic carbocycles. The van der Waals surface area contributed by atoms with Crippen LogP contribution in [-0.4, -0.2) is 54.7 Å². The van der Waals surface area contributed by atoms with Crippen LogP contribution in [0.15, 0.2) is 0 Å². The number of carbonyl (C=O) groups excluding carboxylic acids is 1. The molecule has 0 saturated carbocycles. The summed E-state index contributed by atoms with van der Waals surface area (Å²) in [6, 6.07) is 0. The van der Waals surface area contributed by atoms with Crippen molar-refractivity contribution in [1.82, 2.24) is 10.2 Å². The highest BCUT2D eigenvalue weighted by atomic mass is 16.5. The number of nitrogens with two attached hydrogens (primary N) is 1. The average Bonchev–Trinajstić information content (AvgIpc) is 2.46. The van der Waals surface area contributed by atoms with E-state index in [0.29, 0.717) is 13.1 Å². The summed E-state index contributed by atoms with van der Waals surface area (Å²) in [5.41, 5.74) is 5.34. The van der Waals surface area contributed by atoms with Gasteiger partial charge in [0.25, 0.3) is 0 Å². The molecule has 3 N–H and O–H groups in total. The molecule has 1 fully saturated rings. The van der Waals surface area contributed by atoms with Crippen LogP contribution >= 0.6 is 0 Å². The summed E-state index contributed by atoms with van der Waals surface area (Å²) >= 11 is 0. The number of amides is 1. The van der Waals surface area contributed by atoms with Crippen LogP contribution in [0.3, 0.4) is 0 Å². The third kappa shape index (κ3) is 4.43. The number of nitrogens with zero attached hydrogens (tertiary/aromatic N) is 1. The van der Waals surface area contributed by atoms with Gasteiger partial charge in [0.15, 0.2) is 0 Å². The van der Waals surface area contributed by atoms with Gasteiger partial charge in [-0.15, -0.1) is 0 Å². The first kappa shape index (κ1) is 19.4. The number of hydrogen-bond acceptors (Lipinski definition) is 4. The highest BCUT2D eigenvalue weighted by Crippen LogP contribution is 2.26. The van der Waals surface area contributed by atoms with E-state index >= 15 is 0 Å². The van der Waals surface area contributed by atoms with Crippen molar-refractivity contribution < 1.29 is 9.53 Å². The molecular formula is C17H35N3O2. The van der Waals surface area contributed by atoms with Crippen molar-refractivity contribution in [1.29, 1.82) is 0 Å². The average molecular weight is 313 g/mol. The fraction of sp³-hybridized carbons (Fsp3) is 0.941. The molecule has 5 nitrogen and oxygen atoms in total. The van der Waals surface area contributed by atoms with E-state index in [4.69, 9.17) is 10.5 Å². The summed E-state index contributed by atoms with van der Waals surface area (Å²) in [5.74, 6) is 0.0856. The number of ether oxygens (including phenoxy) is 1. The molecule has 0 spiro atoms. The molecule has 1 heterocycles. The van der Waals surface area contributed by atoms with Crippen molar-refractivity contribution in [2.75, 3.05) is 26.2 Å². The van der Waals surface area contributed by atoms with Crippen LogP contribution in [0.4, 0.5) is 0 Å². The standard InChI is InChI=1S/C17H35N3O2/c1-7-17(8-2,11-18)15(21)19-12-16(5,6)20-9-13(3)22-14(4)10-20/h13-14H,7-12,18H2,1-6H3,(H,19,21). The Morgan fingerprint density at radius 3 is 2.14 bits per heavy atom. The Balaban J connectivity index is 2.66. The molecule has 1 saturated heterocycles. The van der Waals surface area contributed by atoms with Crippen LogP contribution in [0.2, 0.25) is 0 Å². The highest BCUT2D eigenvalue weighted by molar-refractivity contribution is 5.82. The first-order valence-electron chi connectivity index (χ1n) is 8.59. The second kappa shape index (κ2) is 7.75. The second-order valence-corrected chi connectivity index (χ2v) is 7.35. The lowest BCUT2D eigenvalue weighted by Crippen LogP contribution is -2.59. The number of nitrogens with one attached hydrogen (secondary N) is 1. The third-order valence-electron chi connectivity index (χ3n) is 5.18. The van der Waals surface area contributed by atoms with Crippen molar-refractivity contribution in [2.24, 2.45) is 11.1 Å². The molecule has 2 unspecified atom stereocenters. The minimum atomic E-state index is -0.429. The van der Waals surface area contributed by atoms with Gasteiger partial charge in [0.05, 0.1) is 17.6 Å². The summed E-state index contributed by atoms with van der Waals surface area (Å²) in [5, 5.41) is 3.14. The lowest BCUT2D eigenvalue weighted by Gasteiger charge is -2.45. The summed E-state index contributed by atoms with van der Waals surface area (Å²) < 4.78 is 5.80. The normalized spacial score (nSPS) is 24.3. The minimum absolute atomic E-state index is 0.0856. The van der Waals surface area contributed by atoms with E-state index in [1.807, 2.05) is 13.8 Å². The Bertz CT molecular complexity index is 349. The lowest BCUT2D eigenvalue weighted by atomic mass is 9.81. The van der Waals surface area contributed by atoms with Gasteiger partial charge in [0.2, 0.25) is 5.91 Å². The predicted molar refractivity (Wildman–Crippen MR) is 90.7 cm³/mol. The van der Waals surface area contributed by atoms with Crippen LogP contribution < -0.4 is 11.1 Å². The van der Waals surface area contributed by atoms with E-state index in [1.165, 1.54) is 0 Å².